The average molecular weight is 252 g/mol. The van der Waals surface area contributed by atoms with Crippen LogP contribution in [0.1, 0.15) is 40.0 Å². The van der Waals surface area contributed by atoms with Gasteiger partial charge in [-0.05, 0) is 50.0 Å². The van der Waals surface area contributed by atoms with Gasteiger partial charge in [0, 0.05) is 18.9 Å². The smallest absolute Gasteiger partial charge is 0.158 e. The number of carbonyl (C=O) groups is 1. The molecule has 18 heavy (non-hydrogen) atoms. The van der Waals surface area contributed by atoms with E-state index < -0.39 is 5.60 Å². The van der Waals surface area contributed by atoms with E-state index in [1.165, 1.54) is 0 Å². The Morgan fingerprint density at radius 1 is 1.56 bits per heavy atom. The first-order valence-electron chi connectivity index (χ1n) is 6.91. The van der Waals surface area contributed by atoms with Crippen molar-refractivity contribution >= 4 is 5.78 Å². The zero-order chi connectivity index (χ0) is 13.5. The number of allylic oxidation sites excluding steroid dienone is 2. The van der Waals surface area contributed by atoms with Crippen molar-refractivity contribution in [1.29, 1.82) is 0 Å². The van der Waals surface area contributed by atoms with E-state index in [1.54, 1.807) is 0 Å². The van der Waals surface area contributed by atoms with Crippen molar-refractivity contribution < 1.29 is 15.0 Å². The molecule has 2 rings (SSSR count). The number of aliphatic hydroxyl groups excluding tert-OH is 1. The van der Waals surface area contributed by atoms with Gasteiger partial charge in [-0.15, -0.1) is 0 Å². The SMILES string of the molecule is CC1=CC2C(C(C)CO)CCC(C)(O)C2CC1=O. The number of ketones is 1. The zero-order valence-corrected chi connectivity index (χ0v) is 11.5. The molecule has 5 atom stereocenters. The number of Topliss-reactive ketones (excluding diaryl/α,β-unsaturated/α-hetero) is 1. The van der Waals surface area contributed by atoms with Crippen molar-refractivity contribution in [2.45, 2.75) is 45.6 Å². The molecule has 0 bridgehead atoms. The number of hydrogen-bond acceptors (Lipinski definition) is 3. The second-order valence-corrected chi connectivity index (χ2v) is 6.38. The molecule has 3 heteroatoms. The molecule has 1 saturated carbocycles. The van der Waals surface area contributed by atoms with Crippen molar-refractivity contribution in [3.8, 4) is 0 Å². The maximum absolute atomic E-state index is 11.9. The van der Waals surface area contributed by atoms with Gasteiger partial charge in [-0.1, -0.05) is 13.0 Å². The molecule has 0 aromatic rings. The average Bonchev–Trinajstić information content (AvgIpc) is 2.31. The third-order valence-corrected chi connectivity index (χ3v) is 5.05. The molecule has 0 aromatic heterocycles. The largest absolute Gasteiger partial charge is 0.396 e. The first kappa shape index (κ1) is 13.8. The summed E-state index contributed by atoms with van der Waals surface area (Å²) in [5.41, 5.74) is 0.0764. The van der Waals surface area contributed by atoms with Gasteiger partial charge in [-0.3, -0.25) is 4.79 Å². The molecule has 2 N–H and O–H groups in total. The fourth-order valence-corrected chi connectivity index (χ4v) is 3.69. The van der Waals surface area contributed by atoms with E-state index in [1.807, 2.05) is 19.9 Å². The number of rotatable bonds is 2. The lowest BCUT2D eigenvalue weighted by molar-refractivity contribution is -0.127. The minimum atomic E-state index is -0.747. The topological polar surface area (TPSA) is 57.5 Å². The molecule has 102 valence electrons. The highest BCUT2D eigenvalue weighted by atomic mass is 16.3. The number of hydrogen-bond donors (Lipinski definition) is 2. The molecule has 5 unspecified atom stereocenters. The van der Waals surface area contributed by atoms with Gasteiger partial charge >= 0.3 is 0 Å². The van der Waals surface area contributed by atoms with Gasteiger partial charge in [0.15, 0.2) is 5.78 Å². The Balaban J connectivity index is 2.33. The standard InChI is InChI=1S/C15H24O3/c1-9-6-12-11(10(2)8-16)4-5-15(3,18)13(12)7-14(9)17/h6,10-13,16,18H,4-5,7-8H2,1-3H3. The lowest BCUT2D eigenvalue weighted by Gasteiger charge is -2.49. The van der Waals surface area contributed by atoms with Crippen molar-refractivity contribution in [2.75, 3.05) is 6.61 Å². The molecule has 2 aliphatic carbocycles. The summed E-state index contributed by atoms with van der Waals surface area (Å²) in [4.78, 5) is 11.9. The van der Waals surface area contributed by atoms with Crippen LogP contribution in [0.2, 0.25) is 0 Å². The highest BCUT2D eigenvalue weighted by Crippen LogP contribution is 2.48. The molecule has 0 aromatic carbocycles. The van der Waals surface area contributed by atoms with Crippen LogP contribution >= 0.6 is 0 Å². The Hall–Kier alpha value is -0.670. The Bertz CT molecular complexity index is 370. The predicted molar refractivity (Wildman–Crippen MR) is 70.0 cm³/mol. The van der Waals surface area contributed by atoms with Crippen molar-refractivity contribution in [2.24, 2.45) is 23.7 Å². The lowest BCUT2D eigenvalue weighted by atomic mass is 9.58. The quantitative estimate of drug-likeness (QED) is 0.789. The summed E-state index contributed by atoms with van der Waals surface area (Å²) in [6, 6.07) is 0. The molecule has 0 amide bonds. The first-order valence-corrected chi connectivity index (χ1v) is 6.91. The molecule has 0 radical (unpaired) electrons. The summed E-state index contributed by atoms with van der Waals surface area (Å²) >= 11 is 0. The Morgan fingerprint density at radius 2 is 2.22 bits per heavy atom. The van der Waals surface area contributed by atoms with E-state index >= 15 is 0 Å². The second kappa shape index (κ2) is 4.78. The molecular weight excluding hydrogens is 228 g/mol. The minimum Gasteiger partial charge on any atom is -0.396 e. The highest BCUT2D eigenvalue weighted by molar-refractivity contribution is 5.95. The molecule has 0 aliphatic heterocycles. The van der Waals surface area contributed by atoms with Crippen LogP contribution < -0.4 is 0 Å². The van der Waals surface area contributed by atoms with Crippen molar-refractivity contribution in [1.82, 2.24) is 0 Å². The molecule has 0 saturated heterocycles. The number of fused-ring (bicyclic) bond motifs is 1. The predicted octanol–water partition coefficient (Wildman–Crippen LogP) is 1.93. The van der Waals surface area contributed by atoms with Gasteiger partial charge in [-0.25, -0.2) is 0 Å². The van der Waals surface area contributed by atoms with Gasteiger partial charge < -0.3 is 10.2 Å². The van der Waals surface area contributed by atoms with Gasteiger partial charge in [-0.2, -0.15) is 0 Å². The van der Waals surface area contributed by atoms with Gasteiger partial charge in [0.1, 0.15) is 0 Å². The summed E-state index contributed by atoms with van der Waals surface area (Å²) in [5, 5.41) is 19.9. The zero-order valence-electron chi connectivity index (χ0n) is 11.5. The van der Waals surface area contributed by atoms with Crippen LogP contribution in [0.5, 0.6) is 0 Å². The lowest BCUT2D eigenvalue weighted by Crippen LogP contribution is -2.50. The molecule has 1 fully saturated rings. The first-order chi connectivity index (χ1) is 8.36. The summed E-state index contributed by atoms with van der Waals surface area (Å²) in [6.07, 6.45) is 4.15. The van der Waals surface area contributed by atoms with Crippen LogP contribution in [0.15, 0.2) is 11.6 Å². The number of aliphatic hydroxyl groups is 2. The summed E-state index contributed by atoms with van der Waals surface area (Å²) in [5.74, 6) is 1.01. The third-order valence-electron chi connectivity index (χ3n) is 5.05. The van der Waals surface area contributed by atoms with Crippen molar-refractivity contribution in [3.63, 3.8) is 0 Å². The van der Waals surface area contributed by atoms with Gasteiger partial charge in [0.2, 0.25) is 0 Å². The van der Waals surface area contributed by atoms with E-state index in [-0.39, 0.29) is 30.1 Å². The second-order valence-electron chi connectivity index (χ2n) is 6.38. The highest BCUT2D eigenvalue weighted by Gasteiger charge is 2.48. The minimum absolute atomic E-state index is 0.0152. The Labute approximate surface area is 109 Å². The van der Waals surface area contributed by atoms with E-state index in [2.05, 4.69) is 6.92 Å². The van der Waals surface area contributed by atoms with Gasteiger partial charge in [0.05, 0.1) is 5.60 Å². The van der Waals surface area contributed by atoms with Gasteiger partial charge in [0.25, 0.3) is 0 Å². The molecule has 0 spiro atoms. The third kappa shape index (κ3) is 2.26. The fraction of sp³-hybridized carbons (Fsp3) is 0.800. The molecular formula is C15H24O3. The monoisotopic (exact) mass is 252 g/mol. The van der Waals surface area contributed by atoms with E-state index in [0.29, 0.717) is 12.3 Å². The van der Waals surface area contributed by atoms with E-state index in [0.717, 1.165) is 18.4 Å². The van der Waals surface area contributed by atoms with E-state index in [4.69, 9.17) is 0 Å². The normalized spacial score (nSPS) is 42.2. The maximum atomic E-state index is 11.9. The summed E-state index contributed by atoms with van der Waals surface area (Å²) in [7, 11) is 0. The molecule has 3 nitrogen and oxygen atoms in total. The molecule has 2 aliphatic rings. The van der Waals surface area contributed by atoms with Crippen LogP contribution in [-0.4, -0.2) is 28.2 Å². The van der Waals surface area contributed by atoms with Crippen LogP contribution in [0.25, 0.3) is 0 Å². The number of carbonyl (C=O) groups excluding carboxylic acids is 1. The Kier molecular flexibility index (Phi) is 3.65. The maximum Gasteiger partial charge on any atom is 0.158 e. The van der Waals surface area contributed by atoms with Crippen molar-refractivity contribution in [3.05, 3.63) is 11.6 Å². The summed E-state index contributed by atoms with van der Waals surface area (Å²) in [6.45, 7) is 5.95. The van der Waals surface area contributed by atoms with E-state index in [9.17, 15) is 15.0 Å². The fourth-order valence-electron chi connectivity index (χ4n) is 3.69. The molecule has 0 heterocycles. The van der Waals surface area contributed by atoms with Crippen LogP contribution in [0, 0.1) is 23.7 Å². The summed E-state index contributed by atoms with van der Waals surface area (Å²) < 4.78 is 0. The van der Waals surface area contributed by atoms with Crippen LogP contribution in [-0.2, 0) is 4.79 Å². The Morgan fingerprint density at radius 3 is 2.83 bits per heavy atom. The van der Waals surface area contributed by atoms with Crippen LogP contribution in [0.4, 0.5) is 0 Å². The van der Waals surface area contributed by atoms with Crippen LogP contribution in [0.3, 0.4) is 0 Å².